The lowest BCUT2D eigenvalue weighted by Crippen LogP contribution is -2.43. The van der Waals surface area contributed by atoms with Gasteiger partial charge in [0.1, 0.15) is 12.1 Å². The number of amides is 1. The zero-order chi connectivity index (χ0) is 12.8. The van der Waals surface area contributed by atoms with Gasteiger partial charge in [0.25, 0.3) is 0 Å². The van der Waals surface area contributed by atoms with Gasteiger partial charge in [-0.25, -0.2) is 4.79 Å². The first-order valence-corrected chi connectivity index (χ1v) is 5.25. The Balaban J connectivity index is 2.62. The topological polar surface area (TPSA) is 81.4 Å². The number of nitrogens with one attached hydrogen (secondary N) is 1. The highest BCUT2D eigenvalue weighted by Gasteiger charge is 2.21. The van der Waals surface area contributed by atoms with E-state index < -0.39 is 24.0 Å². The monoisotopic (exact) mass is 236 g/mol. The third-order valence-electron chi connectivity index (χ3n) is 2.35. The lowest BCUT2D eigenvalue weighted by atomic mass is 10.1. The van der Waals surface area contributed by atoms with Crippen LogP contribution in [0, 0.1) is 0 Å². The van der Waals surface area contributed by atoms with Crippen LogP contribution in [0.4, 0.5) is 0 Å². The van der Waals surface area contributed by atoms with E-state index in [0.29, 0.717) is 5.56 Å². The van der Waals surface area contributed by atoms with Crippen LogP contribution in [-0.4, -0.2) is 25.0 Å². The van der Waals surface area contributed by atoms with E-state index in [-0.39, 0.29) is 0 Å². The van der Waals surface area contributed by atoms with Crippen molar-refractivity contribution in [3.8, 4) is 0 Å². The molecule has 0 aliphatic heterocycles. The van der Waals surface area contributed by atoms with E-state index in [1.165, 1.54) is 7.11 Å². The van der Waals surface area contributed by atoms with Crippen molar-refractivity contribution >= 4 is 11.9 Å². The molecule has 1 aromatic carbocycles. The molecule has 1 rings (SSSR count). The maximum atomic E-state index is 11.7. The van der Waals surface area contributed by atoms with Gasteiger partial charge in [-0.1, -0.05) is 30.3 Å². The van der Waals surface area contributed by atoms with E-state index in [2.05, 4.69) is 10.1 Å². The molecule has 17 heavy (non-hydrogen) atoms. The van der Waals surface area contributed by atoms with Gasteiger partial charge in [-0.05, 0) is 12.5 Å². The highest BCUT2D eigenvalue weighted by atomic mass is 16.5. The predicted octanol–water partition coefficient (Wildman–Crippen LogP) is 0.364. The number of rotatable bonds is 4. The van der Waals surface area contributed by atoms with E-state index in [0.717, 1.165) is 0 Å². The highest BCUT2D eigenvalue weighted by Crippen LogP contribution is 2.09. The number of carbonyl (C=O) groups excluding carboxylic acids is 2. The van der Waals surface area contributed by atoms with Crippen molar-refractivity contribution in [1.29, 1.82) is 0 Å². The maximum absolute atomic E-state index is 11.7. The SMILES string of the molecule is COC(=O)[C@H](C)NC(=O)[C@H](N)c1ccccc1. The minimum atomic E-state index is -0.789. The fraction of sp³-hybridized carbons (Fsp3) is 0.333. The Morgan fingerprint density at radius 2 is 1.88 bits per heavy atom. The quantitative estimate of drug-likeness (QED) is 0.740. The Kier molecular flexibility index (Phi) is 4.66. The summed E-state index contributed by atoms with van der Waals surface area (Å²) in [7, 11) is 1.27. The predicted molar refractivity (Wildman–Crippen MR) is 63.0 cm³/mol. The number of ether oxygens (including phenoxy) is 1. The van der Waals surface area contributed by atoms with Crippen molar-refractivity contribution in [2.24, 2.45) is 5.73 Å². The summed E-state index contributed by atoms with van der Waals surface area (Å²) in [6, 6.07) is 7.45. The van der Waals surface area contributed by atoms with Crippen LogP contribution in [0.5, 0.6) is 0 Å². The molecule has 0 unspecified atom stereocenters. The molecule has 3 N–H and O–H groups in total. The van der Waals surface area contributed by atoms with Gasteiger partial charge in [0, 0.05) is 0 Å². The summed E-state index contributed by atoms with van der Waals surface area (Å²) in [5.74, 6) is -0.910. The Bertz CT molecular complexity index is 392. The number of hydrogen-bond donors (Lipinski definition) is 2. The molecule has 0 saturated carbocycles. The molecule has 2 atom stereocenters. The largest absolute Gasteiger partial charge is 0.467 e. The van der Waals surface area contributed by atoms with Crippen molar-refractivity contribution < 1.29 is 14.3 Å². The van der Waals surface area contributed by atoms with Crippen molar-refractivity contribution in [1.82, 2.24) is 5.32 Å². The average molecular weight is 236 g/mol. The van der Waals surface area contributed by atoms with Crippen LogP contribution in [0.25, 0.3) is 0 Å². The number of carbonyl (C=O) groups is 2. The van der Waals surface area contributed by atoms with Crippen LogP contribution in [-0.2, 0) is 14.3 Å². The molecule has 0 bridgehead atoms. The molecule has 0 fully saturated rings. The number of benzene rings is 1. The molecule has 0 aliphatic rings. The average Bonchev–Trinajstić information content (AvgIpc) is 2.37. The van der Waals surface area contributed by atoms with Gasteiger partial charge in [0.15, 0.2) is 0 Å². The summed E-state index contributed by atoms with van der Waals surface area (Å²) in [5, 5.41) is 2.49. The Labute approximate surface area is 99.9 Å². The van der Waals surface area contributed by atoms with Gasteiger partial charge in [0.2, 0.25) is 5.91 Å². The Morgan fingerprint density at radius 3 is 2.41 bits per heavy atom. The van der Waals surface area contributed by atoms with Gasteiger partial charge < -0.3 is 15.8 Å². The molecule has 0 aliphatic carbocycles. The van der Waals surface area contributed by atoms with Crippen LogP contribution in [0.1, 0.15) is 18.5 Å². The number of nitrogens with two attached hydrogens (primary N) is 1. The van der Waals surface area contributed by atoms with Gasteiger partial charge in [-0.15, -0.1) is 0 Å². The Morgan fingerprint density at radius 1 is 1.29 bits per heavy atom. The van der Waals surface area contributed by atoms with Crippen LogP contribution in [0.15, 0.2) is 30.3 Å². The molecule has 1 aromatic rings. The maximum Gasteiger partial charge on any atom is 0.328 e. The van der Waals surface area contributed by atoms with Crippen molar-refractivity contribution in [2.45, 2.75) is 19.0 Å². The van der Waals surface area contributed by atoms with Crippen LogP contribution < -0.4 is 11.1 Å². The second-order valence-electron chi connectivity index (χ2n) is 3.64. The highest BCUT2D eigenvalue weighted by molar-refractivity contribution is 5.87. The van der Waals surface area contributed by atoms with E-state index in [1.807, 2.05) is 6.07 Å². The first kappa shape index (κ1) is 13.2. The summed E-state index contributed by atoms with van der Waals surface area (Å²) in [4.78, 5) is 22.9. The molecular formula is C12H16N2O3. The summed E-state index contributed by atoms with van der Waals surface area (Å²) in [6.45, 7) is 1.54. The second-order valence-corrected chi connectivity index (χ2v) is 3.64. The standard InChI is InChI=1S/C12H16N2O3/c1-8(12(16)17-2)14-11(15)10(13)9-6-4-3-5-7-9/h3-8,10H,13H2,1-2H3,(H,14,15)/t8-,10+/m0/s1. The first-order valence-electron chi connectivity index (χ1n) is 5.25. The minimum absolute atomic E-state index is 0.408. The first-order chi connectivity index (χ1) is 8.06. The lowest BCUT2D eigenvalue weighted by molar-refractivity contribution is -0.144. The van der Waals surface area contributed by atoms with Crippen molar-refractivity contribution in [2.75, 3.05) is 7.11 Å². The van der Waals surface area contributed by atoms with Crippen LogP contribution in [0.3, 0.4) is 0 Å². The lowest BCUT2D eigenvalue weighted by Gasteiger charge is -2.16. The molecule has 92 valence electrons. The van der Waals surface area contributed by atoms with Gasteiger partial charge in [-0.2, -0.15) is 0 Å². The van der Waals surface area contributed by atoms with Gasteiger partial charge in [-0.3, -0.25) is 4.79 Å². The number of esters is 1. The van der Waals surface area contributed by atoms with E-state index >= 15 is 0 Å². The molecule has 5 nitrogen and oxygen atoms in total. The molecule has 0 aromatic heterocycles. The zero-order valence-electron chi connectivity index (χ0n) is 9.84. The van der Waals surface area contributed by atoms with E-state index in [9.17, 15) is 9.59 Å². The third kappa shape index (κ3) is 3.57. The summed E-state index contributed by atoms with van der Waals surface area (Å²) in [6.07, 6.45) is 0. The van der Waals surface area contributed by atoms with Crippen LogP contribution in [0.2, 0.25) is 0 Å². The van der Waals surface area contributed by atoms with Crippen LogP contribution >= 0.6 is 0 Å². The van der Waals surface area contributed by atoms with Gasteiger partial charge >= 0.3 is 5.97 Å². The van der Waals surface area contributed by atoms with E-state index in [4.69, 9.17) is 5.73 Å². The Hall–Kier alpha value is -1.88. The summed E-state index contributed by atoms with van der Waals surface area (Å²) in [5.41, 5.74) is 6.46. The number of methoxy groups -OCH3 is 1. The molecule has 0 spiro atoms. The fourth-order valence-corrected chi connectivity index (χ4v) is 1.35. The van der Waals surface area contributed by atoms with Gasteiger partial charge in [0.05, 0.1) is 7.11 Å². The third-order valence-corrected chi connectivity index (χ3v) is 2.35. The fourth-order valence-electron chi connectivity index (χ4n) is 1.35. The molecule has 5 heteroatoms. The smallest absolute Gasteiger partial charge is 0.328 e. The molecule has 0 heterocycles. The van der Waals surface area contributed by atoms with Crippen molar-refractivity contribution in [3.05, 3.63) is 35.9 Å². The second kappa shape index (κ2) is 6.00. The molecule has 1 amide bonds. The number of hydrogen-bond acceptors (Lipinski definition) is 4. The molecule has 0 saturated heterocycles. The summed E-state index contributed by atoms with van der Waals surface area (Å²) >= 11 is 0. The summed E-state index contributed by atoms with van der Waals surface area (Å²) < 4.78 is 4.50. The van der Waals surface area contributed by atoms with E-state index in [1.54, 1.807) is 31.2 Å². The zero-order valence-corrected chi connectivity index (χ0v) is 9.84. The molecular weight excluding hydrogens is 220 g/mol. The minimum Gasteiger partial charge on any atom is -0.467 e. The van der Waals surface area contributed by atoms with Crippen molar-refractivity contribution in [3.63, 3.8) is 0 Å². The molecule has 0 radical (unpaired) electrons. The normalized spacial score (nSPS) is 13.6.